The van der Waals surface area contributed by atoms with Gasteiger partial charge in [-0.05, 0) is 0 Å². The van der Waals surface area contributed by atoms with Gasteiger partial charge in [0.1, 0.15) is 17.8 Å². The lowest BCUT2D eigenvalue weighted by atomic mass is 9.99. The highest BCUT2D eigenvalue weighted by Gasteiger charge is 2.44. The fourth-order valence-electron chi connectivity index (χ4n) is 1.32. The fraction of sp³-hybridized carbons (Fsp3) is 0.875. The molecule has 0 aromatic rings. The van der Waals surface area contributed by atoms with Gasteiger partial charge in [0.05, 0.1) is 12.6 Å². The first-order valence-electron chi connectivity index (χ1n) is 4.65. The number of nitrogens with two attached hydrogens (primary N) is 1. The van der Waals surface area contributed by atoms with E-state index in [0.29, 0.717) is 0 Å². The topological polar surface area (TPSA) is 111 Å². The van der Waals surface area contributed by atoms with Crippen molar-refractivity contribution in [2.24, 2.45) is 5.73 Å². The molecule has 1 aliphatic heterocycles. The van der Waals surface area contributed by atoms with Gasteiger partial charge < -0.3 is 20.7 Å². The summed E-state index contributed by atoms with van der Waals surface area (Å²) < 4.78 is 5.02. The number of alkyl halides is 1. The lowest BCUT2D eigenvalue weighted by Crippen LogP contribution is -2.61. The molecule has 0 aromatic carbocycles. The molecule has 1 heterocycles. The van der Waals surface area contributed by atoms with Crippen molar-refractivity contribution in [3.63, 3.8) is 0 Å². The van der Waals surface area contributed by atoms with Crippen molar-refractivity contribution in [1.29, 1.82) is 0 Å². The van der Waals surface area contributed by atoms with Crippen LogP contribution in [0.3, 0.4) is 0 Å². The minimum atomic E-state index is -1.23. The van der Waals surface area contributed by atoms with Gasteiger partial charge in [0.15, 0.2) is 6.10 Å². The number of carbonyl (C=O) groups excluding carboxylic acids is 1. The Hall–Kier alpha value is -0.440. The third-order valence-corrected chi connectivity index (χ3v) is 2.55. The highest BCUT2D eigenvalue weighted by atomic mass is 35.5. The quantitative estimate of drug-likeness (QED) is 0.319. The SMILES string of the molecule is CC(=O)OO[C@@H]1[C@@H](N)[C@H](Cl)O[C@H](CO)[C@H]1O. The molecule has 1 aliphatic rings. The largest absolute Gasteiger partial charge is 0.394 e. The number of halogens is 1. The number of aliphatic hydroxyl groups excluding tert-OH is 2. The first kappa shape index (κ1) is 13.6. The molecular formula is C8H14ClNO6. The Morgan fingerprint density at radius 1 is 1.62 bits per heavy atom. The van der Waals surface area contributed by atoms with Crippen LogP contribution in [0.4, 0.5) is 0 Å². The van der Waals surface area contributed by atoms with E-state index in [9.17, 15) is 9.90 Å². The van der Waals surface area contributed by atoms with Crippen LogP contribution in [0, 0.1) is 0 Å². The van der Waals surface area contributed by atoms with Crippen LogP contribution in [-0.4, -0.2) is 52.7 Å². The molecule has 4 N–H and O–H groups in total. The van der Waals surface area contributed by atoms with E-state index in [1.807, 2.05) is 0 Å². The first-order valence-corrected chi connectivity index (χ1v) is 5.09. The van der Waals surface area contributed by atoms with Gasteiger partial charge in [0.2, 0.25) is 0 Å². The molecule has 94 valence electrons. The summed E-state index contributed by atoms with van der Waals surface area (Å²) in [7, 11) is 0. The Morgan fingerprint density at radius 3 is 2.75 bits per heavy atom. The molecule has 0 aliphatic carbocycles. The van der Waals surface area contributed by atoms with E-state index >= 15 is 0 Å². The Bertz CT molecular complexity index is 253. The van der Waals surface area contributed by atoms with Gasteiger partial charge in [0, 0.05) is 6.92 Å². The molecule has 0 amide bonds. The van der Waals surface area contributed by atoms with Crippen LogP contribution in [0.2, 0.25) is 0 Å². The summed E-state index contributed by atoms with van der Waals surface area (Å²) in [6.45, 7) is 0.690. The van der Waals surface area contributed by atoms with E-state index in [2.05, 4.69) is 9.78 Å². The van der Waals surface area contributed by atoms with Crippen molar-refractivity contribution >= 4 is 17.6 Å². The second-order valence-electron chi connectivity index (χ2n) is 3.41. The molecule has 5 atom stereocenters. The van der Waals surface area contributed by atoms with E-state index in [4.69, 9.17) is 27.2 Å². The first-order chi connectivity index (χ1) is 7.47. The minimum Gasteiger partial charge on any atom is -0.394 e. The monoisotopic (exact) mass is 255 g/mol. The van der Waals surface area contributed by atoms with Crippen LogP contribution < -0.4 is 5.73 Å². The maximum atomic E-state index is 10.5. The predicted molar refractivity (Wildman–Crippen MR) is 52.2 cm³/mol. The molecule has 0 radical (unpaired) electrons. The molecule has 0 aromatic heterocycles. The normalized spacial score (nSPS) is 39.4. The van der Waals surface area contributed by atoms with Gasteiger partial charge in [-0.1, -0.05) is 11.6 Å². The van der Waals surface area contributed by atoms with Gasteiger partial charge in [-0.15, -0.1) is 0 Å². The lowest BCUT2D eigenvalue weighted by molar-refractivity contribution is -0.334. The van der Waals surface area contributed by atoms with Crippen LogP contribution in [0.1, 0.15) is 6.92 Å². The van der Waals surface area contributed by atoms with E-state index < -0.39 is 42.5 Å². The van der Waals surface area contributed by atoms with Crippen molar-refractivity contribution in [2.75, 3.05) is 6.61 Å². The third kappa shape index (κ3) is 3.03. The van der Waals surface area contributed by atoms with Gasteiger partial charge >= 0.3 is 5.97 Å². The number of aliphatic hydroxyl groups is 2. The molecule has 0 saturated carbocycles. The molecule has 0 bridgehead atoms. The summed E-state index contributed by atoms with van der Waals surface area (Å²) in [5.74, 6) is -0.683. The van der Waals surface area contributed by atoms with Crippen molar-refractivity contribution < 1.29 is 29.5 Å². The Morgan fingerprint density at radius 2 is 2.25 bits per heavy atom. The second-order valence-corrected chi connectivity index (χ2v) is 3.84. The summed E-state index contributed by atoms with van der Waals surface area (Å²) in [6.07, 6.45) is -3.20. The third-order valence-electron chi connectivity index (χ3n) is 2.16. The standard InChI is InChI=1S/C8H14ClNO6/c1-3(12)15-16-7-5(10)8(9)14-4(2-11)6(7)13/h4-8,11,13H,2,10H2,1H3/t4-,5-,6-,7-,8-/m1/s1. The van der Waals surface area contributed by atoms with Crippen molar-refractivity contribution in [1.82, 2.24) is 0 Å². The Kier molecular flexibility index (Phi) is 4.90. The summed E-state index contributed by atoms with van der Waals surface area (Å²) >= 11 is 5.73. The van der Waals surface area contributed by atoms with E-state index in [0.717, 1.165) is 6.92 Å². The highest BCUT2D eigenvalue weighted by molar-refractivity contribution is 6.20. The van der Waals surface area contributed by atoms with Crippen LogP contribution in [0.25, 0.3) is 0 Å². The molecule has 1 saturated heterocycles. The minimum absolute atomic E-state index is 0.447. The van der Waals surface area contributed by atoms with Gasteiger partial charge in [-0.25, -0.2) is 4.79 Å². The van der Waals surface area contributed by atoms with Gasteiger partial charge in [0.25, 0.3) is 0 Å². The zero-order valence-electron chi connectivity index (χ0n) is 8.58. The molecular weight excluding hydrogens is 242 g/mol. The molecule has 0 spiro atoms. The average molecular weight is 256 g/mol. The van der Waals surface area contributed by atoms with Crippen molar-refractivity contribution in [3.05, 3.63) is 0 Å². The molecule has 1 rings (SSSR count). The summed E-state index contributed by atoms with van der Waals surface area (Å²) in [5.41, 5.74) is 4.66. The number of hydrogen-bond donors (Lipinski definition) is 3. The molecule has 0 unspecified atom stereocenters. The molecule has 8 heteroatoms. The van der Waals surface area contributed by atoms with Crippen LogP contribution in [-0.2, 0) is 19.3 Å². The van der Waals surface area contributed by atoms with E-state index in [1.165, 1.54) is 0 Å². The summed E-state index contributed by atoms with van der Waals surface area (Å²) in [5, 5.41) is 18.6. The summed E-state index contributed by atoms with van der Waals surface area (Å²) in [4.78, 5) is 19.5. The smallest absolute Gasteiger partial charge is 0.339 e. The van der Waals surface area contributed by atoms with E-state index in [-0.39, 0.29) is 0 Å². The van der Waals surface area contributed by atoms with Crippen LogP contribution in [0.5, 0.6) is 0 Å². The van der Waals surface area contributed by atoms with Gasteiger partial charge in [-0.3, -0.25) is 4.89 Å². The number of hydrogen-bond acceptors (Lipinski definition) is 7. The molecule has 16 heavy (non-hydrogen) atoms. The van der Waals surface area contributed by atoms with E-state index in [1.54, 1.807) is 0 Å². The van der Waals surface area contributed by atoms with Crippen molar-refractivity contribution in [3.8, 4) is 0 Å². The highest BCUT2D eigenvalue weighted by Crippen LogP contribution is 2.24. The average Bonchev–Trinajstić information content (AvgIpc) is 2.23. The van der Waals surface area contributed by atoms with Crippen LogP contribution in [0.15, 0.2) is 0 Å². The fourth-order valence-corrected chi connectivity index (χ4v) is 1.60. The van der Waals surface area contributed by atoms with Crippen molar-refractivity contribution in [2.45, 2.75) is 36.8 Å². The number of rotatable bonds is 3. The maximum Gasteiger partial charge on any atom is 0.339 e. The molecule has 1 fully saturated rings. The number of carbonyl (C=O) groups is 1. The number of ether oxygens (including phenoxy) is 1. The lowest BCUT2D eigenvalue weighted by Gasteiger charge is -2.39. The maximum absolute atomic E-state index is 10.5. The second kappa shape index (κ2) is 5.76. The van der Waals surface area contributed by atoms with Gasteiger partial charge in [-0.2, -0.15) is 4.89 Å². The zero-order valence-corrected chi connectivity index (χ0v) is 9.33. The Balaban J connectivity index is 2.65. The molecule has 7 nitrogen and oxygen atoms in total. The zero-order chi connectivity index (χ0) is 12.3. The van der Waals surface area contributed by atoms with Crippen LogP contribution >= 0.6 is 11.6 Å². The predicted octanol–water partition coefficient (Wildman–Crippen LogP) is -1.51. The Labute approximate surface area is 97.0 Å². The summed E-state index contributed by atoms with van der Waals surface area (Å²) in [6, 6.07) is -0.876.